The molecule has 0 saturated carbocycles. The van der Waals surface area contributed by atoms with Gasteiger partial charge in [-0.05, 0) is 37.9 Å². The standard InChI is InChI=1S/C14H21N3O2/c1-2-19-14(18)13-6-4-8-17(13)10-11-5-3-7-16-12(11)9-15/h3,5,7,13H,2,4,6,8-10,15H2,1H3. The molecule has 1 aromatic rings. The van der Waals surface area contributed by atoms with Gasteiger partial charge in [0.1, 0.15) is 6.04 Å². The second-order valence-corrected chi connectivity index (χ2v) is 4.69. The van der Waals surface area contributed by atoms with E-state index in [1.165, 1.54) is 0 Å². The molecule has 1 atom stereocenters. The highest BCUT2D eigenvalue weighted by Crippen LogP contribution is 2.22. The van der Waals surface area contributed by atoms with Gasteiger partial charge in [-0.25, -0.2) is 0 Å². The van der Waals surface area contributed by atoms with Gasteiger partial charge < -0.3 is 10.5 Å². The van der Waals surface area contributed by atoms with Crippen LogP contribution >= 0.6 is 0 Å². The molecule has 0 bridgehead atoms. The molecule has 104 valence electrons. The van der Waals surface area contributed by atoms with Crippen molar-refractivity contribution in [1.82, 2.24) is 9.88 Å². The van der Waals surface area contributed by atoms with Crippen LogP contribution in [0, 0.1) is 0 Å². The molecule has 0 radical (unpaired) electrons. The van der Waals surface area contributed by atoms with Crippen LogP contribution in [-0.4, -0.2) is 35.0 Å². The summed E-state index contributed by atoms with van der Waals surface area (Å²) >= 11 is 0. The zero-order chi connectivity index (χ0) is 13.7. The Balaban J connectivity index is 2.07. The number of hydrogen-bond donors (Lipinski definition) is 1. The van der Waals surface area contributed by atoms with E-state index >= 15 is 0 Å². The summed E-state index contributed by atoms with van der Waals surface area (Å²) in [5, 5.41) is 0. The van der Waals surface area contributed by atoms with E-state index in [-0.39, 0.29) is 12.0 Å². The average Bonchev–Trinajstić information content (AvgIpc) is 2.88. The maximum Gasteiger partial charge on any atom is 0.323 e. The number of hydrogen-bond acceptors (Lipinski definition) is 5. The molecule has 2 N–H and O–H groups in total. The number of aromatic nitrogens is 1. The molecule has 1 aliphatic rings. The van der Waals surface area contributed by atoms with E-state index in [0.29, 0.717) is 19.7 Å². The lowest BCUT2D eigenvalue weighted by Gasteiger charge is -2.23. The number of ether oxygens (including phenoxy) is 1. The molecule has 1 fully saturated rings. The highest BCUT2D eigenvalue weighted by molar-refractivity contribution is 5.76. The minimum Gasteiger partial charge on any atom is -0.465 e. The second-order valence-electron chi connectivity index (χ2n) is 4.69. The van der Waals surface area contributed by atoms with Crippen LogP contribution in [0.5, 0.6) is 0 Å². The number of carbonyl (C=O) groups excluding carboxylic acids is 1. The number of likely N-dealkylation sites (tertiary alicyclic amines) is 1. The fraction of sp³-hybridized carbons (Fsp3) is 0.571. The summed E-state index contributed by atoms with van der Waals surface area (Å²) in [6, 6.07) is 3.81. The van der Waals surface area contributed by atoms with E-state index in [4.69, 9.17) is 10.5 Å². The van der Waals surface area contributed by atoms with Gasteiger partial charge in [0.25, 0.3) is 0 Å². The predicted molar refractivity (Wildman–Crippen MR) is 72.2 cm³/mol. The molecule has 1 aromatic heterocycles. The van der Waals surface area contributed by atoms with Gasteiger partial charge in [-0.1, -0.05) is 6.07 Å². The van der Waals surface area contributed by atoms with Crippen molar-refractivity contribution in [2.75, 3.05) is 13.2 Å². The molecule has 1 aliphatic heterocycles. The molecule has 1 unspecified atom stereocenters. The van der Waals surface area contributed by atoms with Crippen LogP contribution in [0.4, 0.5) is 0 Å². The summed E-state index contributed by atoms with van der Waals surface area (Å²) in [5.74, 6) is -0.113. The van der Waals surface area contributed by atoms with Crippen LogP contribution in [0.25, 0.3) is 0 Å². The molecule has 0 aliphatic carbocycles. The summed E-state index contributed by atoms with van der Waals surface area (Å²) < 4.78 is 5.13. The highest BCUT2D eigenvalue weighted by Gasteiger charge is 2.31. The third-order valence-corrected chi connectivity index (χ3v) is 3.47. The maximum absolute atomic E-state index is 11.9. The second kappa shape index (κ2) is 6.63. The minimum absolute atomic E-state index is 0.113. The fourth-order valence-corrected chi connectivity index (χ4v) is 2.54. The molecule has 0 spiro atoms. The number of carbonyl (C=O) groups is 1. The summed E-state index contributed by atoms with van der Waals surface area (Å²) in [4.78, 5) is 18.3. The molecule has 19 heavy (non-hydrogen) atoms. The van der Waals surface area contributed by atoms with E-state index in [0.717, 1.165) is 30.6 Å². The van der Waals surface area contributed by atoms with Crippen LogP contribution < -0.4 is 5.73 Å². The lowest BCUT2D eigenvalue weighted by Crippen LogP contribution is -2.37. The first-order valence-corrected chi connectivity index (χ1v) is 6.79. The van der Waals surface area contributed by atoms with Crippen molar-refractivity contribution in [2.45, 2.75) is 38.9 Å². The first-order chi connectivity index (χ1) is 9.26. The van der Waals surface area contributed by atoms with Gasteiger partial charge in [-0.3, -0.25) is 14.7 Å². The SMILES string of the molecule is CCOC(=O)C1CCCN1Cc1cccnc1CN. The van der Waals surface area contributed by atoms with Crippen molar-refractivity contribution in [3.05, 3.63) is 29.6 Å². The Morgan fingerprint density at radius 3 is 3.21 bits per heavy atom. The maximum atomic E-state index is 11.9. The Morgan fingerprint density at radius 1 is 1.63 bits per heavy atom. The van der Waals surface area contributed by atoms with Crippen LogP contribution in [0.3, 0.4) is 0 Å². The molecule has 2 rings (SSSR count). The first-order valence-electron chi connectivity index (χ1n) is 6.79. The van der Waals surface area contributed by atoms with Crippen molar-refractivity contribution in [1.29, 1.82) is 0 Å². The number of esters is 1. The van der Waals surface area contributed by atoms with Crippen molar-refractivity contribution in [3.63, 3.8) is 0 Å². The van der Waals surface area contributed by atoms with E-state index in [1.807, 2.05) is 19.1 Å². The van der Waals surface area contributed by atoms with Gasteiger partial charge in [0.05, 0.1) is 12.3 Å². The predicted octanol–water partition coefficient (Wildman–Crippen LogP) is 1.07. The monoisotopic (exact) mass is 263 g/mol. The summed E-state index contributed by atoms with van der Waals surface area (Å²) in [5.41, 5.74) is 7.69. The lowest BCUT2D eigenvalue weighted by molar-refractivity contribution is -0.148. The normalized spacial score (nSPS) is 19.6. The van der Waals surface area contributed by atoms with Gasteiger partial charge >= 0.3 is 5.97 Å². The summed E-state index contributed by atoms with van der Waals surface area (Å²) in [7, 11) is 0. The quantitative estimate of drug-likeness (QED) is 0.805. The van der Waals surface area contributed by atoms with E-state index in [9.17, 15) is 4.79 Å². The van der Waals surface area contributed by atoms with Crippen molar-refractivity contribution < 1.29 is 9.53 Å². The number of pyridine rings is 1. The van der Waals surface area contributed by atoms with Gasteiger partial charge in [0, 0.05) is 19.3 Å². The number of rotatable bonds is 5. The van der Waals surface area contributed by atoms with E-state index < -0.39 is 0 Å². The van der Waals surface area contributed by atoms with Crippen molar-refractivity contribution in [3.8, 4) is 0 Å². The van der Waals surface area contributed by atoms with Crippen LogP contribution in [-0.2, 0) is 22.6 Å². The lowest BCUT2D eigenvalue weighted by atomic mass is 10.1. The van der Waals surface area contributed by atoms with Crippen molar-refractivity contribution >= 4 is 5.97 Å². The molecule has 1 saturated heterocycles. The molecule has 0 aromatic carbocycles. The molecule has 5 heteroatoms. The Morgan fingerprint density at radius 2 is 2.47 bits per heavy atom. The molecule has 5 nitrogen and oxygen atoms in total. The zero-order valence-electron chi connectivity index (χ0n) is 11.3. The third kappa shape index (κ3) is 3.30. The summed E-state index contributed by atoms with van der Waals surface area (Å²) in [6.07, 6.45) is 3.65. The topological polar surface area (TPSA) is 68.5 Å². The van der Waals surface area contributed by atoms with Gasteiger partial charge in [-0.15, -0.1) is 0 Å². The van der Waals surface area contributed by atoms with Gasteiger partial charge in [0.15, 0.2) is 0 Å². The Kier molecular flexibility index (Phi) is 4.87. The molecular weight excluding hydrogens is 242 g/mol. The largest absolute Gasteiger partial charge is 0.465 e. The van der Waals surface area contributed by atoms with E-state index in [2.05, 4.69) is 9.88 Å². The Labute approximate surface area is 113 Å². The van der Waals surface area contributed by atoms with Gasteiger partial charge in [0.2, 0.25) is 0 Å². The van der Waals surface area contributed by atoms with E-state index in [1.54, 1.807) is 6.20 Å². The van der Waals surface area contributed by atoms with Gasteiger partial charge in [-0.2, -0.15) is 0 Å². The molecule has 0 amide bonds. The van der Waals surface area contributed by atoms with Crippen molar-refractivity contribution in [2.24, 2.45) is 5.73 Å². The number of nitrogens with zero attached hydrogens (tertiary/aromatic N) is 2. The fourth-order valence-electron chi connectivity index (χ4n) is 2.54. The number of nitrogens with two attached hydrogens (primary N) is 1. The highest BCUT2D eigenvalue weighted by atomic mass is 16.5. The Bertz CT molecular complexity index is 436. The third-order valence-electron chi connectivity index (χ3n) is 3.47. The smallest absolute Gasteiger partial charge is 0.323 e. The molecule has 2 heterocycles. The summed E-state index contributed by atoms with van der Waals surface area (Å²) in [6.45, 7) is 4.33. The average molecular weight is 263 g/mol. The zero-order valence-corrected chi connectivity index (χ0v) is 11.3. The Hall–Kier alpha value is -1.46. The van der Waals surface area contributed by atoms with Crippen LogP contribution in [0.2, 0.25) is 0 Å². The molecular formula is C14H21N3O2. The first kappa shape index (κ1) is 14.0. The minimum atomic E-state index is -0.120. The van der Waals surface area contributed by atoms with Crippen LogP contribution in [0.15, 0.2) is 18.3 Å². The van der Waals surface area contributed by atoms with Crippen LogP contribution in [0.1, 0.15) is 31.0 Å².